The lowest BCUT2D eigenvalue weighted by atomic mass is 10.2. The Hall–Kier alpha value is -1.70. The predicted octanol–water partition coefficient (Wildman–Crippen LogP) is 2.18. The third-order valence-corrected chi connectivity index (χ3v) is 1.58. The number of ether oxygens (including phenoxy) is 1. The van der Waals surface area contributed by atoms with E-state index in [1.165, 1.54) is 0 Å². The first-order chi connectivity index (χ1) is 6.22. The molecule has 2 heteroatoms. The molecule has 13 heavy (non-hydrogen) atoms. The first-order valence-electron chi connectivity index (χ1n) is 3.99. The molecule has 0 aromatic heterocycles. The van der Waals surface area contributed by atoms with E-state index in [4.69, 9.17) is 10.5 Å². The van der Waals surface area contributed by atoms with Crippen LogP contribution >= 0.6 is 0 Å². The van der Waals surface area contributed by atoms with E-state index in [2.05, 4.69) is 6.58 Å². The summed E-state index contributed by atoms with van der Waals surface area (Å²) in [4.78, 5) is 0. The van der Waals surface area contributed by atoms with Gasteiger partial charge in [0, 0.05) is 5.70 Å². The van der Waals surface area contributed by atoms with E-state index >= 15 is 0 Å². The minimum absolute atomic E-state index is 0.544. The fourth-order valence-corrected chi connectivity index (χ4v) is 0.948. The van der Waals surface area contributed by atoms with Crippen molar-refractivity contribution in [3.05, 3.63) is 48.2 Å². The summed E-state index contributed by atoms with van der Waals surface area (Å²) in [6.07, 6.45) is 3.65. The maximum Gasteiger partial charge on any atom is 0.119 e. The van der Waals surface area contributed by atoms with E-state index in [0.29, 0.717) is 5.70 Å². The lowest BCUT2D eigenvalue weighted by Gasteiger charge is -1.99. The molecule has 1 aromatic rings. The van der Waals surface area contributed by atoms with Gasteiger partial charge < -0.3 is 10.5 Å². The average molecular weight is 175 g/mol. The Morgan fingerprint density at radius 1 is 1.54 bits per heavy atom. The molecule has 2 nitrogen and oxygen atoms in total. The van der Waals surface area contributed by atoms with Crippen molar-refractivity contribution < 1.29 is 4.74 Å². The van der Waals surface area contributed by atoms with Gasteiger partial charge in [0.05, 0.1) is 7.11 Å². The molecule has 0 saturated carbocycles. The topological polar surface area (TPSA) is 35.2 Å². The molecule has 68 valence electrons. The summed E-state index contributed by atoms with van der Waals surface area (Å²) in [6, 6.07) is 7.73. The Balaban J connectivity index is 2.83. The van der Waals surface area contributed by atoms with Crippen LogP contribution in [0.25, 0.3) is 6.08 Å². The van der Waals surface area contributed by atoms with E-state index in [1.54, 1.807) is 13.2 Å². The molecule has 0 aliphatic rings. The van der Waals surface area contributed by atoms with Crippen molar-refractivity contribution in [2.24, 2.45) is 5.73 Å². The van der Waals surface area contributed by atoms with Crippen LogP contribution in [0.2, 0.25) is 0 Å². The van der Waals surface area contributed by atoms with Gasteiger partial charge in [-0.2, -0.15) is 0 Å². The van der Waals surface area contributed by atoms with Gasteiger partial charge in [0.25, 0.3) is 0 Å². The molecule has 0 heterocycles. The van der Waals surface area contributed by atoms with Gasteiger partial charge in [-0.1, -0.05) is 24.8 Å². The smallest absolute Gasteiger partial charge is 0.119 e. The van der Waals surface area contributed by atoms with Crippen LogP contribution in [0.3, 0.4) is 0 Å². The van der Waals surface area contributed by atoms with Gasteiger partial charge in [-0.25, -0.2) is 0 Å². The van der Waals surface area contributed by atoms with Gasteiger partial charge in [0.15, 0.2) is 0 Å². The number of allylic oxidation sites excluding steroid dienone is 1. The SMILES string of the molecule is C=C(N)/C=C/c1cccc(OC)c1. The largest absolute Gasteiger partial charge is 0.497 e. The third-order valence-electron chi connectivity index (χ3n) is 1.58. The van der Waals surface area contributed by atoms with E-state index in [1.807, 2.05) is 30.3 Å². The zero-order valence-corrected chi connectivity index (χ0v) is 7.66. The minimum atomic E-state index is 0.544. The fourth-order valence-electron chi connectivity index (χ4n) is 0.948. The van der Waals surface area contributed by atoms with Crippen molar-refractivity contribution in [3.8, 4) is 5.75 Å². The zero-order chi connectivity index (χ0) is 9.68. The molecule has 0 unspecified atom stereocenters. The van der Waals surface area contributed by atoms with Crippen LogP contribution in [0.4, 0.5) is 0 Å². The maximum atomic E-state index is 5.40. The summed E-state index contributed by atoms with van der Waals surface area (Å²) in [6.45, 7) is 3.57. The summed E-state index contributed by atoms with van der Waals surface area (Å²) < 4.78 is 5.07. The first kappa shape index (κ1) is 9.39. The Kier molecular flexibility index (Phi) is 3.15. The van der Waals surface area contributed by atoms with Gasteiger partial charge in [-0.3, -0.25) is 0 Å². The molecule has 0 amide bonds. The third kappa shape index (κ3) is 3.03. The molecule has 0 saturated heterocycles. The second kappa shape index (κ2) is 4.36. The lowest BCUT2D eigenvalue weighted by molar-refractivity contribution is 0.414. The molecule has 0 atom stereocenters. The van der Waals surface area contributed by atoms with Crippen LogP contribution in [0.5, 0.6) is 5.75 Å². The second-order valence-corrected chi connectivity index (χ2v) is 2.68. The van der Waals surface area contributed by atoms with Crippen molar-refractivity contribution >= 4 is 6.08 Å². The van der Waals surface area contributed by atoms with Crippen LogP contribution < -0.4 is 10.5 Å². The summed E-state index contributed by atoms with van der Waals surface area (Å²) in [5, 5.41) is 0. The van der Waals surface area contributed by atoms with Gasteiger partial charge in [-0.15, -0.1) is 0 Å². The van der Waals surface area contributed by atoms with Crippen LogP contribution in [0.1, 0.15) is 5.56 Å². The zero-order valence-electron chi connectivity index (χ0n) is 7.66. The van der Waals surface area contributed by atoms with Crippen molar-refractivity contribution in [3.63, 3.8) is 0 Å². The Bertz CT molecular complexity index is 329. The molecule has 0 bridgehead atoms. The van der Waals surface area contributed by atoms with E-state index < -0.39 is 0 Å². The van der Waals surface area contributed by atoms with Crippen molar-refractivity contribution in [1.82, 2.24) is 0 Å². The van der Waals surface area contributed by atoms with Crippen LogP contribution in [0.15, 0.2) is 42.6 Å². The molecule has 0 aliphatic heterocycles. The molecule has 2 N–H and O–H groups in total. The average Bonchev–Trinajstić information content (AvgIpc) is 2.15. The lowest BCUT2D eigenvalue weighted by Crippen LogP contribution is -1.88. The highest BCUT2D eigenvalue weighted by atomic mass is 16.5. The highest BCUT2D eigenvalue weighted by molar-refractivity contribution is 5.54. The standard InChI is InChI=1S/C11H13NO/c1-9(12)6-7-10-4-3-5-11(8-10)13-2/h3-8H,1,12H2,2H3/b7-6+. The Morgan fingerprint density at radius 2 is 2.31 bits per heavy atom. The summed E-state index contributed by atoms with van der Waals surface area (Å²) in [5.74, 6) is 0.838. The monoisotopic (exact) mass is 175 g/mol. The second-order valence-electron chi connectivity index (χ2n) is 2.68. The quantitative estimate of drug-likeness (QED) is 0.714. The van der Waals surface area contributed by atoms with Crippen molar-refractivity contribution in [2.45, 2.75) is 0 Å². The predicted molar refractivity (Wildman–Crippen MR) is 55.4 cm³/mol. The van der Waals surface area contributed by atoms with Crippen LogP contribution in [0, 0.1) is 0 Å². The molecule has 1 aromatic carbocycles. The van der Waals surface area contributed by atoms with E-state index in [0.717, 1.165) is 11.3 Å². The molecule has 0 fully saturated rings. The van der Waals surface area contributed by atoms with E-state index in [9.17, 15) is 0 Å². The van der Waals surface area contributed by atoms with Gasteiger partial charge in [-0.05, 0) is 23.8 Å². The maximum absolute atomic E-state index is 5.40. The molecule has 1 rings (SSSR count). The number of nitrogens with two attached hydrogens (primary N) is 1. The fraction of sp³-hybridized carbons (Fsp3) is 0.0909. The summed E-state index contributed by atoms with van der Waals surface area (Å²) in [5.41, 5.74) is 6.99. The first-order valence-corrected chi connectivity index (χ1v) is 3.99. The molecule has 0 radical (unpaired) electrons. The Morgan fingerprint density at radius 3 is 2.92 bits per heavy atom. The molecular weight excluding hydrogens is 162 g/mol. The number of rotatable bonds is 3. The van der Waals surface area contributed by atoms with Gasteiger partial charge in [0.2, 0.25) is 0 Å². The highest BCUT2D eigenvalue weighted by Crippen LogP contribution is 2.13. The number of hydrogen-bond donors (Lipinski definition) is 1. The number of hydrogen-bond acceptors (Lipinski definition) is 2. The molecular formula is C11H13NO. The Labute approximate surface area is 78.3 Å². The van der Waals surface area contributed by atoms with Gasteiger partial charge >= 0.3 is 0 Å². The van der Waals surface area contributed by atoms with E-state index in [-0.39, 0.29) is 0 Å². The number of benzene rings is 1. The minimum Gasteiger partial charge on any atom is -0.497 e. The summed E-state index contributed by atoms with van der Waals surface area (Å²) >= 11 is 0. The molecule has 0 aliphatic carbocycles. The molecule has 0 spiro atoms. The number of methoxy groups -OCH3 is 1. The summed E-state index contributed by atoms with van der Waals surface area (Å²) in [7, 11) is 1.64. The van der Waals surface area contributed by atoms with Crippen LogP contribution in [-0.2, 0) is 0 Å². The normalized spacial score (nSPS) is 10.2. The van der Waals surface area contributed by atoms with Crippen LogP contribution in [-0.4, -0.2) is 7.11 Å². The van der Waals surface area contributed by atoms with Crippen molar-refractivity contribution in [1.29, 1.82) is 0 Å². The van der Waals surface area contributed by atoms with Crippen molar-refractivity contribution in [2.75, 3.05) is 7.11 Å². The van der Waals surface area contributed by atoms with Gasteiger partial charge in [0.1, 0.15) is 5.75 Å². The highest BCUT2D eigenvalue weighted by Gasteiger charge is 1.90.